The molecule has 0 fully saturated rings. The number of pyridine rings is 2. The van der Waals surface area contributed by atoms with Crippen LogP contribution in [0, 0.1) is 0 Å². The molecule has 4 rings (SSSR count). The van der Waals surface area contributed by atoms with Crippen LogP contribution in [0.15, 0.2) is 85.5 Å². The molecule has 4 aromatic rings. The van der Waals surface area contributed by atoms with Crippen molar-refractivity contribution < 1.29 is 0 Å². The van der Waals surface area contributed by atoms with Crippen molar-refractivity contribution in [1.29, 1.82) is 0 Å². The lowest BCUT2D eigenvalue weighted by atomic mass is 10.1. The maximum atomic E-state index is 4.79. The average Bonchev–Trinajstić information content (AvgIpc) is 2.75. The van der Waals surface area contributed by atoms with Crippen LogP contribution in [0.4, 0.5) is 5.82 Å². The van der Waals surface area contributed by atoms with E-state index in [1.165, 1.54) is 5.56 Å². The van der Waals surface area contributed by atoms with Gasteiger partial charge < -0.3 is 4.90 Å². The molecule has 132 valence electrons. The Morgan fingerprint density at radius 2 is 1.59 bits per heavy atom. The SMILES string of the molecule is CN(Cc1ccccc1)c1cc(-c2cccnc2)nc(-c2ccncc2)n1. The number of nitrogens with zero attached hydrogens (tertiary/aromatic N) is 5. The minimum Gasteiger partial charge on any atom is -0.355 e. The highest BCUT2D eigenvalue weighted by Gasteiger charge is 2.12. The second-order valence-corrected chi connectivity index (χ2v) is 6.25. The van der Waals surface area contributed by atoms with Crippen molar-refractivity contribution in [2.75, 3.05) is 11.9 Å². The molecule has 0 saturated carbocycles. The predicted molar refractivity (Wildman–Crippen MR) is 107 cm³/mol. The highest BCUT2D eigenvalue weighted by molar-refractivity contribution is 5.67. The first kappa shape index (κ1) is 16.8. The zero-order valence-corrected chi connectivity index (χ0v) is 15.0. The number of aromatic nitrogens is 4. The van der Waals surface area contributed by atoms with Gasteiger partial charge in [0.05, 0.1) is 5.69 Å². The van der Waals surface area contributed by atoms with Gasteiger partial charge in [-0.25, -0.2) is 9.97 Å². The molecule has 0 atom stereocenters. The molecule has 0 radical (unpaired) electrons. The number of benzene rings is 1. The van der Waals surface area contributed by atoms with Gasteiger partial charge in [0.25, 0.3) is 0 Å². The van der Waals surface area contributed by atoms with Crippen molar-refractivity contribution in [3.05, 3.63) is 91.0 Å². The molecule has 0 aliphatic rings. The fourth-order valence-electron chi connectivity index (χ4n) is 2.86. The van der Waals surface area contributed by atoms with Gasteiger partial charge in [0.2, 0.25) is 0 Å². The average molecular weight is 353 g/mol. The molecular formula is C22H19N5. The number of hydrogen-bond acceptors (Lipinski definition) is 5. The summed E-state index contributed by atoms with van der Waals surface area (Å²) in [5.74, 6) is 1.54. The Balaban J connectivity index is 1.76. The topological polar surface area (TPSA) is 54.8 Å². The summed E-state index contributed by atoms with van der Waals surface area (Å²) in [5, 5.41) is 0. The quantitative estimate of drug-likeness (QED) is 0.537. The smallest absolute Gasteiger partial charge is 0.162 e. The third-order valence-corrected chi connectivity index (χ3v) is 4.26. The second-order valence-electron chi connectivity index (χ2n) is 6.25. The van der Waals surface area contributed by atoms with Gasteiger partial charge in [-0.15, -0.1) is 0 Å². The number of anilines is 1. The molecule has 27 heavy (non-hydrogen) atoms. The fraction of sp³-hybridized carbons (Fsp3) is 0.0909. The van der Waals surface area contributed by atoms with Crippen LogP contribution in [-0.2, 0) is 6.54 Å². The summed E-state index contributed by atoms with van der Waals surface area (Å²) in [5.41, 5.74) is 3.97. The fourth-order valence-corrected chi connectivity index (χ4v) is 2.86. The molecule has 3 heterocycles. The van der Waals surface area contributed by atoms with Gasteiger partial charge in [-0.05, 0) is 29.8 Å². The summed E-state index contributed by atoms with van der Waals surface area (Å²) in [6, 6.07) is 20.1. The van der Waals surface area contributed by atoms with Crippen LogP contribution < -0.4 is 4.90 Å². The van der Waals surface area contributed by atoms with Crippen molar-refractivity contribution in [2.24, 2.45) is 0 Å². The van der Waals surface area contributed by atoms with Crippen LogP contribution in [0.25, 0.3) is 22.6 Å². The standard InChI is InChI=1S/C22H19N5/c1-27(16-17-6-3-2-4-7-17)21-14-20(19-8-5-11-24-15-19)25-22(26-21)18-9-12-23-13-10-18/h2-15H,16H2,1H3. The number of hydrogen-bond donors (Lipinski definition) is 0. The van der Waals surface area contributed by atoms with Crippen LogP contribution in [-0.4, -0.2) is 27.0 Å². The van der Waals surface area contributed by atoms with E-state index in [4.69, 9.17) is 9.97 Å². The van der Waals surface area contributed by atoms with Gasteiger partial charge in [-0.3, -0.25) is 9.97 Å². The summed E-state index contributed by atoms with van der Waals surface area (Å²) < 4.78 is 0. The van der Waals surface area contributed by atoms with Gasteiger partial charge in [-0.2, -0.15) is 0 Å². The highest BCUT2D eigenvalue weighted by Crippen LogP contribution is 2.25. The lowest BCUT2D eigenvalue weighted by Gasteiger charge is -2.20. The minimum atomic E-state index is 0.675. The first-order valence-electron chi connectivity index (χ1n) is 8.74. The minimum absolute atomic E-state index is 0.675. The Bertz CT molecular complexity index is 947. The van der Waals surface area contributed by atoms with Crippen molar-refractivity contribution in [1.82, 2.24) is 19.9 Å². The van der Waals surface area contributed by atoms with E-state index in [1.54, 1.807) is 18.6 Å². The van der Waals surface area contributed by atoms with Gasteiger partial charge in [0.1, 0.15) is 5.82 Å². The Morgan fingerprint density at radius 1 is 0.778 bits per heavy atom. The maximum Gasteiger partial charge on any atom is 0.162 e. The van der Waals surface area contributed by atoms with Gasteiger partial charge in [-0.1, -0.05) is 30.3 Å². The van der Waals surface area contributed by atoms with Crippen LogP contribution in [0.2, 0.25) is 0 Å². The third kappa shape index (κ3) is 3.98. The molecule has 0 spiro atoms. The molecular weight excluding hydrogens is 334 g/mol. The third-order valence-electron chi connectivity index (χ3n) is 4.26. The molecule has 0 unspecified atom stereocenters. The molecule has 5 nitrogen and oxygen atoms in total. The number of rotatable bonds is 5. The highest BCUT2D eigenvalue weighted by atomic mass is 15.2. The molecule has 0 amide bonds. The van der Waals surface area contributed by atoms with E-state index < -0.39 is 0 Å². The lowest BCUT2D eigenvalue weighted by Crippen LogP contribution is -2.18. The van der Waals surface area contributed by atoms with Crippen molar-refractivity contribution in [3.63, 3.8) is 0 Å². The van der Waals surface area contributed by atoms with Crippen molar-refractivity contribution in [3.8, 4) is 22.6 Å². The monoisotopic (exact) mass is 353 g/mol. The van der Waals surface area contributed by atoms with Crippen molar-refractivity contribution in [2.45, 2.75) is 6.54 Å². The summed E-state index contributed by atoms with van der Waals surface area (Å²) in [4.78, 5) is 20.0. The molecule has 0 aliphatic heterocycles. The van der Waals surface area contributed by atoms with Crippen molar-refractivity contribution >= 4 is 5.82 Å². The van der Waals surface area contributed by atoms with E-state index in [2.05, 4.69) is 27.0 Å². The largest absolute Gasteiger partial charge is 0.355 e. The van der Waals surface area contributed by atoms with Crippen LogP contribution in [0.5, 0.6) is 0 Å². The Morgan fingerprint density at radius 3 is 2.33 bits per heavy atom. The molecule has 5 heteroatoms. The maximum absolute atomic E-state index is 4.79. The molecule has 0 aliphatic carbocycles. The summed E-state index contributed by atoms with van der Waals surface area (Å²) in [7, 11) is 2.04. The lowest BCUT2D eigenvalue weighted by molar-refractivity contribution is 0.893. The summed E-state index contributed by atoms with van der Waals surface area (Å²) in [6.45, 7) is 0.764. The molecule has 0 bridgehead atoms. The Kier molecular flexibility index (Phi) is 4.83. The van der Waals surface area contributed by atoms with E-state index >= 15 is 0 Å². The Labute approximate surface area is 158 Å². The normalized spacial score (nSPS) is 10.6. The predicted octanol–water partition coefficient (Wildman–Crippen LogP) is 4.24. The van der Waals surface area contributed by atoms with Crippen LogP contribution in [0.3, 0.4) is 0 Å². The zero-order chi connectivity index (χ0) is 18.5. The van der Waals surface area contributed by atoms with E-state index in [9.17, 15) is 0 Å². The second kappa shape index (κ2) is 7.74. The zero-order valence-electron chi connectivity index (χ0n) is 15.0. The van der Waals surface area contributed by atoms with Gasteiger partial charge in [0, 0.05) is 55.6 Å². The first-order chi connectivity index (χ1) is 13.3. The van der Waals surface area contributed by atoms with Crippen LogP contribution >= 0.6 is 0 Å². The Hall–Kier alpha value is -3.60. The van der Waals surface area contributed by atoms with Crippen LogP contribution in [0.1, 0.15) is 5.56 Å². The molecule has 3 aromatic heterocycles. The molecule has 0 saturated heterocycles. The van der Waals surface area contributed by atoms with E-state index in [1.807, 2.05) is 61.8 Å². The van der Waals surface area contributed by atoms with E-state index in [-0.39, 0.29) is 0 Å². The summed E-state index contributed by atoms with van der Waals surface area (Å²) >= 11 is 0. The summed E-state index contributed by atoms with van der Waals surface area (Å²) in [6.07, 6.45) is 7.09. The first-order valence-corrected chi connectivity index (χ1v) is 8.74. The molecule has 1 aromatic carbocycles. The van der Waals surface area contributed by atoms with Gasteiger partial charge >= 0.3 is 0 Å². The van der Waals surface area contributed by atoms with E-state index in [0.717, 1.165) is 29.2 Å². The van der Waals surface area contributed by atoms with E-state index in [0.29, 0.717) is 5.82 Å². The van der Waals surface area contributed by atoms with Gasteiger partial charge in [0.15, 0.2) is 5.82 Å². The molecule has 0 N–H and O–H groups in total.